The topological polar surface area (TPSA) is 55.6 Å². The summed E-state index contributed by atoms with van der Waals surface area (Å²) in [6.45, 7) is 3.14. The van der Waals surface area contributed by atoms with Gasteiger partial charge in [0.1, 0.15) is 6.10 Å². The van der Waals surface area contributed by atoms with Crippen LogP contribution in [0, 0.1) is 0 Å². The van der Waals surface area contributed by atoms with E-state index in [2.05, 4.69) is 5.16 Å². The Morgan fingerprint density at radius 1 is 1.07 bits per heavy atom. The van der Waals surface area contributed by atoms with E-state index in [-0.39, 0.29) is 24.5 Å². The number of hydrogen-bond acceptors (Lipinski definition) is 4. The minimum atomic E-state index is -0.101. The maximum Gasteiger partial charge on any atom is 0.228 e. The molecule has 0 aliphatic carbocycles. The van der Waals surface area contributed by atoms with E-state index in [0.29, 0.717) is 24.5 Å². The van der Waals surface area contributed by atoms with Gasteiger partial charge in [0, 0.05) is 18.2 Å². The van der Waals surface area contributed by atoms with Gasteiger partial charge in [0.25, 0.3) is 0 Å². The van der Waals surface area contributed by atoms with Crippen LogP contribution in [-0.4, -0.2) is 35.2 Å². The fourth-order valence-electron chi connectivity index (χ4n) is 3.41. The zero-order chi connectivity index (χ0) is 18.6. The molecule has 1 aliphatic heterocycles. The highest BCUT2D eigenvalue weighted by atomic mass is 16.5. The average molecular weight is 362 g/mol. The van der Waals surface area contributed by atoms with Crippen molar-refractivity contribution in [1.29, 1.82) is 0 Å². The second kappa shape index (κ2) is 7.76. The quantitative estimate of drug-likeness (QED) is 0.707. The predicted molar refractivity (Wildman–Crippen MR) is 102 cm³/mol. The Morgan fingerprint density at radius 3 is 2.52 bits per heavy atom. The normalized spacial score (nSPS) is 19.8. The van der Waals surface area contributed by atoms with Crippen LogP contribution in [0.2, 0.25) is 0 Å². The molecule has 5 heteroatoms. The summed E-state index contributed by atoms with van der Waals surface area (Å²) in [4.78, 5) is 14.7. The molecule has 0 radical (unpaired) electrons. The van der Waals surface area contributed by atoms with Crippen molar-refractivity contribution >= 4 is 5.91 Å². The summed E-state index contributed by atoms with van der Waals surface area (Å²) < 4.78 is 11.4. The van der Waals surface area contributed by atoms with Gasteiger partial charge in [-0.2, -0.15) is 0 Å². The Morgan fingerprint density at radius 2 is 1.78 bits per heavy atom. The van der Waals surface area contributed by atoms with Gasteiger partial charge in [0.2, 0.25) is 5.91 Å². The van der Waals surface area contributed by atoms with Gasteiger partial charge in [0.15, 0.2) is 5.76 Å². The highest BCUT2D eigenvalue weighted by Crippen LogP contribution is 2.26. The van der Waals surface area contributed by atoms with Crippen LogP contribution < -0.4 is 0 Å². The molecule has 4 rings (SSSR count). The van der Waals surface area contributed by atoms with Gasteiger partial charge in [-0.25, -0.2) is 0 Å². The number of carbonyl (C=O) groups is 1. The van der Waals surface area contributed by atoms with E-state index in [0.717, 1.165) is 11.1 Å². The van der Waals surface area contributed by atoms with E-state index in [9.17, 15) is 4.79 Å². The van der Waals surface area contributed by atoms with Crippen molar-refractivity contribution in [3.05, 3.63) is 78.0 Å². The largest absolute Gasteiger partial charge is 0.367 e. The summed E-state index contributed by atoms with van der Waals surface area (Å²) in [7, 11) is 0. The van der Waals surface area contributed by atoms with Crippen molar-refractivity contribution in [2.24, 2.45) is 0 Å². The van der Waals surface area contributed by atoms with Crippen molar-refractivity contribution in [3.8, 4) is 11.3 Å². The van der Waals surface area contributed by atoms with Crippen molar-refractivity contribution < 1.29 is 14.1 Å². The fraction of sp³-hybridized carbons (Fsp3) is 0.273. The van der Waals surface area contributed by atoms with E-state index in [4.69, 9.17) is 9.26 Å². The van der Waals surface area contributed by atoms with Gasteiger partial charge in [-0.05, 0) is 12.5 Å². The number of carbonyl (C=O) groups excluding carboxylic acids is 1. The van der Waals surface area contributed by atoms with E-state index in [1.165, 1.54) is 0 Å². The van der Waals surface area contributed by atoms with Gasteiger partial charge < -0.3 is 14.2 Å². The molecule has 0 saturated carbocycles. The zero-order valence-electron chi connectivity index (χ0n) is 15.2. The third-order valence-corrected chi connectivity index (χ3v) is 4.73. The molecule has 1 saturated heterocycles. The summed E-state index contributed by atoms with van der Waals surface area (Å²) >= 11 is 0. The first kappa shape index (κ1) is 17.5. The highest BCUT2D eigenvalue weighted by Gasteiger charge is 2.29. The summed E-state index contributed by atoms with van der Waals surface area (Å²) in [5, 5.41) is 4.07. The molecule has 1 aliphatic rings. The third-order valence-electron chi connectivity index (χ3n) is 4.73. The van der Waals surface area contributed by atoms with Gasteiger partial charge in [0.05, 0.1) is 24.8 Å². The Labute approximate surface area is 158 Å². The summed E-state index contributed by atoms with van der Waals surface area (Å²) in [6, 6.07) is 21.6. The molecule has 2 heterocycles. The number of hydrogen-bond donors (Lipinski definition) is 0. The average Bonchev–Trinajstić information content (AvgIpc) is 3.17. The molecule has 3 aromatic rings. The lowest BCUT2D eigenvalue weighted by Crippen LogP contribution is -2.46. The first-order chi connectivity index (χ1) is 13.2. The predicted octanol–water partition coefficient (Wildman–Crippen LogP) is 3.87. The van der Waals surface area contributed by atoms with E-state index >= 15 is 0 Å². The Bertz CT molecular complexity index is 892. The van der Waals surface area contributed by atoms with Crippen molar-refractivity contribution in [1.82, 2.24) is 10.1 Å². The van der Waals surface area contributed by atoms with Crippen LogP contribution in [0.3, 0.4) is 0 Å². The number of morpholine rings is 1. The van der Waals surface area contributed by atoms with Crippen LogP contribution in [0.4, 0.5) is 0 Å². The van der Waals surface area contributed by atoms with Crippen LogP contribution in [-0.2, 0) is 16.0 Å². The first-order valence-electron chi connectivity index (χ1n) is 9.18. The Kier molecular flexibility index (Phi) is 5.03. The minimum absolute atomic E-state index is 0.00917. The van der Waals surface area contributed by atoms with Gasteiger partial charge in [-0.15, -0.1) is 0 Å². The molecule has 138 valence electrons. The molecule has 5 nitrogen and oxygen atoms in total. The van der Waals surface area contributed by atoms with Crippen molar-refractivity contribution in [3.63, 3.8) is 0 Å². The molecule has 2 atom stereocenters. The van der Waals surface area contributed by atoms with Crippen LogP contribution in [0.25, 0.3) is 11.3 Å². The number of amides is 1. The molecule has 1 amide bonds. The Hall–Kier alpha value is -2.92. The smallest absolute Gasteiger partial charge is 0.228 e. The number of rotatable bonds is 4. The van der Waals surface area contributed by atoms with Gasteiger partial charge in [-0.1, -0.05) is 65.8 Å². The van der Waals surface area contributed by atoms with Crippen LogP contribution >= 0.6 is 0 Å². The zero-order valence-corrected chi connectivity index (χ0v) is 15.2. The lowest BCUT2D eigenvalue weighted by Gasteiger charge is -2.37. The molecule has 0 spiro atoms. The summed E-state index contributed by atoms with van der Waals surface area (Å²) in [5.41, 5.74) is 2.69. The van der Waals surface area contributed by atoms with Crippen LogP contribution in [0.15, 0.2) is 71.3 Å². The lowest BCUT2D eigenvalue weighted by atomic mass is 10.1. The fourth-order valence-corrected chi connectivity index (χ4v) is 3.41. The summed E-state index contributed by atoms with van der Waals surface area (Å²) in [5.74, 6) is 0.718. The number of nitrogens with zero attached hydrogens (tertiary/aromatic N) is 2. The van der Waals surface area contributed by atoms with Crippen LogP contribution in [0.1, 0.15) is 24.3 Å². The Balaban J connectivity index is 1.44. The number of ether oxygens (including phenoxy) is 1. The standard InChI is InChI=1S/C22H22N2O3/c1-16-14-24(15-21(26-16)18-10-6-3-7-11-18)22(25)13-19-12-20(27-23-19)17-8-4-2-5-9-17/h2-12,16,21H,13-15H2,1H3/t16-,21-/m0/s1. The molecule has 1 aromatic heterocycles. The third kappa shape index (κ3) is 4.09. The summed E-state index contributed by atoms with van der Waals surface area (Å²) in [6.07, 6.45) is 0.117. The molecular formula is C22H22N2O3. The second-order valence-corrected chi connectivity index (χ2v) is 6.87. The molecule has 1 fully saturated rings. The molecular weight excluding hydrogens is 340 g/mol. The van der Waals surface area contributed by atoms with E-state index < -0.39 is 0 Å². The molecule has 2 aromatic carbocycles. The molecule has 27 heavy (non-hydrogen) atoms. The van der Waals surface area contributed by atoms with Gasteiger partial charge in [-0.3, -0.25) is 4.79 Å². The molecule has 0 bridgehead atoms. The van der Waals surface area contributed by atoms with Crippen LogP contribution in [0.5, 0.6) is 0 Å². The second-order valence-electron chi connectivity index (χ2n) is 6.87. The van der Waals surface area contributed by atoms with E-state index in [1.54, 1.807) is 0 Å². The number of aromatic nitrogens is 1. The number of benzene rings is 2. The highest BCUT2D eigenvalue weighted by molar-refractivity contribution is 5.79. The lowest BCUT2D eigenvalue weighted by molar-refractivity contribution is -0.144. The van der Waals surface area contributed by atoms with E-state index in [1.807, 2.05) is 78.6 Å². The van der Waals surface area contributed by atoms with Gasteiger partial charge >= 0.3 is 0 Å². The molecule has 0 N–H and O–H groups in total. The molecule has 0 unspecified atom stereocenters. The minimum Gasteiger partial charge on any atom is -0.367 e. The van der Waals surface area contributed by atoms with Crippen molar-refractivity contribution in [2.75, 3.05) is 13.1 Å². The maximum absolute atomic E-state index is 12.8. The SMILES string of the molecule is C[C@H]1CN(C(=O)Cc2cc(-c3ccccc3)on2)C[C@@H](c2ccccc2)O1. The first-order valence-corrected chi connectivity index (χ1v) is 9.18. The monoisotopic (exact) mass is 362 g/mol. The maximum atomic E-state index is 12.8. The van der Waals surface area contributed by atoms with Crippen molar-refractivity contribution in [2.45, 2.75) is 25.6 Å².